The number of imidazole rings is 1. The monoisotopic (exact) mass is 302 g/mol. The molecule has 114 valence electrons. The summed E-state index contributed by atoms with van der Waals surface area (Å²) in [6.45, 7) is 1.42. The van der Waals surface area contributed by atoms with Crippen LogP contribution in [0.25, 0.3) is 11.0 Å². The predicted molar refractivity (Wildman–Crippen MR) is 68.0 cm³/mol. The maximum atomic E-state index is 13.0. The molecule has 5 nitrogen and oxygen atoms in total. The van der Waals surface area contributed by atoms with Crippen LogP contribution in [-0.2, 0) is 12.7 Å². The number of benzene rings is 1. The largest absolute Gasteiger partial charge is 0.478 e. The smallest absolute Gasteiger partial charge is 0.449 e. The zero-order valence-electron chi connectivity index (χ0n) is 11.1. The first-order valence-corrected chi connectivity index (χ1v) is 6.19. The van der Waals surface area contributed by atoms with Crippen LogP contribution in [0, 0.1) is 0 Å². The lowest BCUT2D eigenvalue weighted by Gasteiger charge is -2.12. The molecule has 8 heteroatoms. The van der Waals surface area contributed by atoms with Crippen molar-refractivity contribution in [2.24, 2.45) is 0 Å². The van der Waals surface area contributed by atoms with E-state index >= 15 is 0 Å². The van der Waals surface area contributed by atoms with Gasteiger partial charge in [-0.05, 0) is 31.5 Å². The Bertz CT molecular complexity index is 677. The summed E-state index contributed by atoms with van der Waals surface area (Å²) in [5.74, 6) is -2.33. The number of carbonyl (C=O) groups is 1. The van der Waals surface area contributed by atoms with Crippen molar-refractivity contribution in [1.82, 2.24) is 9.55 Å². The number of halogens is 3. The molecule has 2 rings (SSSR count). The third-order valence-electron chi connectivity index (χ3n) is 3.02. The van der Waals surface area contributed by atoms with Gasteiger partial charge in [-0.3, -0.25) is 0 Å². The molecule has 2 aromatic rings. The summed E-state index contributed by atoms with van der Waals surface area (Å²) in [5.41, 5.74) is 0.0252. The first-order valence-electron chi connectivity index (χ1n) is 6.19. The van der Waals surface area contributed by atoms with Gasteiger partial charge in [-0.2, -0.15) is 13.2 Å². The second-order valence-electron chi connectivity index (χ2n) is 4.73. The average Bonchev–Trinajstić information content (AvgIpc) is 2.73. The highest BCUT2D eigenvalue weighted by Crippen LogP contribution is 2.32. The third kappa shape index (κ3) is 3.15. The fraction of sp³-hybridized carbons (Fsp3) is 0.385. The highest BCUT2D eigenvalue weighted by molar-refractivity contribution is 5.92. The number of aromatic carboxylic acids is 1. The van der Waals surface area contributed by atoms with E-state index < -0.39 is 24.1 Å². The molecule has 0 saturated carbocycles. The number of hydrogen-bond acceptors (Lipinski definition) is 3. The molecule has 0 aliphatic carbocycles. The molecule has 0 spiro atoms. The van der Waals surface area contributed by atoms with E-state index in [-0.39, 0.29) is 29.6 Å². The van der Waals surface area contributed by atoms with Gasteiger partial charge in [0.2, 0.25) is 5.82 Å². The van der Waals surface area contributed by atoms with Crippen LogP contribution in [0.15, 0.2) is 18.2 Å². The van der Waals surface area contributed by atoms with E-state index in [9.17, 15) is 23.1 Å². The Hall–Kier alpha value is -2.09. The van der Waals surface area contributed by atoms with Crippen molar-refractivity contribution in [3.05, 3.63) is 29.6 Å². The van der Waals surface area contributed by atoms with Gasteiger partial charge < -0.3 is 14.8 Å². The van der Waals surface area contributed by atoms with Gasteiger partial charge in [0.15, 0.2) is 0 Å². The molecule has 1 aromatic heterocycles. The number of aryl methyl sites for hydroxylation is 1. The zero-order chi connectivity index (χ0) is 15.8. The van der Waals surface area contributed by atoms with E-state index in [1.54, 1.807) is 0 Å². The van der Waals surface area contributed by atoms with Crippen molar-refractivity contribution in [3.63, 3.8) is 0 Å². The Morgan fingerprint density at radius 1 is 1.43 bits per heavy atom. The van der Waals surface area contributed by atoms with Gasteiger partial charge >= 0.3 is 12.1 Å². The van der Waals surface area contributed by atoms with Crippen molar-refractivity contribution < 1.29 is 28.2 Å². The molecule has 21 heavy (non-hydrogen) atoms. The number of aliphatic hydroxyl groups is 1. The van der Waals surface area contributed by atoms with Crippen molar-refractivity contribution in [1.29, 1.82) is 0 Å². The zero-order valence-corrected chi connectivity index (χ0v) is 11.1. The van der Waals surface area contributed by atoms with Gasteiger partial charge in [-0.25, -0.2) is 9.78 Å². The van der Waals surface area contributed by atoms with Crippen molar-refractivity contribution >= 4 is 17.0 Å². The Labute approximate surface area is 117 Å². The van der Waals surface area contributed by atoms with Crippen LogP contribution in [0.1, 0.15) is 29.5 Å². The van der Waals surface area contributed by atoms with Crippen molar-refractivity contribution in [2.75, 3.05) is 0 Å². The average molecular weight is 302 g/mol. The van der Waals surface area contributed by atoms with Crippen LogP contribution in [0.5, 0.6) is 0 Å². The molecule has 0 aliphatic rings. The number of fused-ring (bicyclic) bond motifs is 1. The van der Waals surface area contributed by atoms with Crippen molar-refractivity contribution in [2.45, 2.75) is 32.2 Å². The Morgan fingerprint density at radius 2 is 2.10 bits per heavy atom. The summed E-state index contributed by atoms with van der Waals surface area (Å²) in [6, 6.07) is 3.63. The number of aliphatic hydroxyl groups excluding tert-OH is 1. The maximum Gasteiger partial charge on any atom is 0.449 e. The highest BCUT2D eigenvalue weighted by Gasteiger charge is 2.37. The molecule has 0 fully saturated rings. The van der Waals surface area contributed by atoms with Gasteiger partial charge in [0, 0.05) is 6.54 Å². The molecular formula is C13H13F3N2O3. The van der Waals surface area contributed by atoms with Gasteiger partial charge in [-0.15, -0.1) is 0 Å². The quantitative estimate of drug-likeness (QED) is 0.910. The molecule has 2 N–H and O–H groups in total. The lowest BCUT2D eigenvalue weighted by Crippen LogP contribution is -2.17. The van der Waals surface area contributed by atoms with Gasteiger partial charge in [-0.1, -0.05) is 0 Å². The Kier molecular flexibility index (Phi) is 3.91. The van der Waals surface area contributed by atoms with E-state index in [4.69, 9.17) is 5.11 Å². The molecular weight excluding hydrogens is 289 g/mol. The first-order chi connectivity index (χ1) is 9.70. The van der Waals surface area contributed by atoms with Gasteiger partial charge in [0.05, 0.1) is 22.7 Å². The van der Waals surface area contributed by atoms with Crippen LogP contribution in [0.2, 0.25) is 0 Å². The van der Waals surface area contributed by atoms with Gasteiger partial charge in [0.1, 0.15) is 0 Å². The Morgan fingerprint density at radius 3 is 2.62 bits per heavy atom. The van der Waals surface area contributed by atoms with E-state index in [1.165, 1.54) is 19.1 Å². The minimum atomic E-state index is -4.65. The minimum absolute atomic E-state index is 0.0344. The molecule has 0 radical (unpaired) electrons. The maximum absolute atomic E-state index is 13.0. The summed E-state index contributed by atoms with van der Waals surface area (Å²) in [4.78, 5) is 14.4. The number of nitrogens with zero attached hydrogens (tertiary/aromatic N) is 2. The second kappa shape index (κ2) is 5.36. The predicted octanol–water partition coefficient (Wildman–Crippen LogP) is 2.52. The summed E-state index contributed by atoms with van der Waals surface area (Å²) >= 11 is 0. The van der Waals surface area contributed by atoms with E-state index in [1.807, 2.05) is 0 Å². The van der Waals surface area contributed by atoms with Crippen molar-refractivity contribution in [3.8, 4) is 0 Å². The number of aromatic nitrogens is 2. The fourth-order valence-corrected chi connectivity index (χ4v) is 2.02. The van der Waals surface area contributed by atoms with Crippen LogP contribution < -0.4 is 0 Å². The number of carboxylic acids is 1. The van der Waals surface area contributed by atoms with E-state index in [0.717, 1.165) is 10.6 Å². The van der Waals surface area contributed by atoms with Gasteiger partial charge in [0.25, 0.3) is 0 Å². The molecule has 0 saturated heterocycles. The highest BCUT2D eigenvalue weighted by atomic mass is 19.4. The standard InChI is InChI=1S/C13H13F3N2O3/c1-7(19)4-5-18-10-3-2-8(11(20)21)6-9(10)17-12(18)13(14,15)16/h2-3,6-7,19H,4-5H2,1H3,(H,20,21). The first kappa shape index (κ1) is 15.3. The van der Waals surface area contributed by atoms with Crippen LogP contribution >= 0.6 is 0 Å². The number of carboxylic acid groups (broad SMARTS) is 1. The lowest BCUT2D eigenvalue weighted by atomic mass is 10.2. The topological polar surface area (TPSA) is 75.3 Å². The summed E-state index contributed by atoms with van der Waals surface area (Å²) in [5, 5.41) is 18.1. The number of alkyl halides is 3. The normalized spacial score (nSPS) is 13.6. The molecule has 0 amide bonds. The summed E-state index contributed by atoms with van der Waals surface area (Å²) in [6.07, 6.45) is -5.27. The molecule has 1 aromatic carbocycles. The second-order valence-corrected chi connectivity index (χ2v) is 4.73. The molecule has 0 bridgehead atoms. The SMILES string of the molecule is CC(O)CCn1c(C(F)(F)F)nc2cc(C(=O)O)ccc21. The minimum Gasteiger partial charge on any atom is -0.478 e. The molecule has 0 aliphatic heterocycles. The van der Waals surface area contributed by atoms with Crippen LogP contribution in [-0.4, -0.2) is 31.8 Å². The lowest BCUT2D eigenvalue weighted by molar-refractivity contribution is -0.147. The molecule has 1 heterocycles. The third-order valence-corrected chi connectivity index (χ3v) is 3.02. The molecule has 1 unspecified atom stereocenters. The summed E-state index contributed by atoms with van der Waals surface area (Å²) < 4.78 is 40.0. The fourth-order valence-electron chi connectivity index (χ4n) is 2.02. The number of hydrogen-bond donors (Lipinski definition) is 2. The van der Waals surface area contributed by atoms with E-state index in [2.05, 4.69) is 4.98 Å². The number of rotatable bonds is 4. The molecule has 1 atom stereocenters. The van der Waals surface area contributed by atoms with Crippen LogP contribution in [0.3, 0.4) is 0 Å². The van der Waals surface area contributed by atoms with Crippen LogP contribution in [0.4, 0.5) is 13.2 Å². The van der Waals surface area contributed by atoms with E-state index in [0.29, 0.717) is 0 Å². The summed E-state index contributed by atoms with van der Waals surface area (Å²) in [7, 11) is 0. The Balaban J connectivity index is 2.58.